The van der Waals surface area contributed by atoms with E-state index in [0.29, 0.717) is 6.04 Å². The lowest BCUT2D eigenvalue weighted by atomic mass is 10.2. The fourth-order valence-electron chi connectivity index (χ4n) is 2.87. The van der Waals surface area contributed by atoms with E-state index in [1.165, 1.54) is 12.8 Å². The molecule has 1 aliphatic heterocycles. The Bertz CT molecular complexity index is 786. The van der Waals surface area contributed by atoms with Gasteiger partial charge in [-0.3, -0.25) is 0 Å². The van der Waals surface area contributed by atoms with Gasteiger partial charge < -0.3 is 14.8 Å². The fraction of sp³-hybridized carbons (Fsp3) is 0.250. The van der Waals surface area contributed by atoms with Gasteiger partial charge in [-0.2, -0.15) is 0 Å². The van der Waals surface area contributed by atoms with Gasteiger partial charge in [-0.15, -0.1) is 23.7 Å². The maximum Gasteiger partial charge on any atom is 0.127 e. The summed E-state index contributed by atoms with van der Waals surface area (Å²) in [5.41, 5.74) is 1.10. The zero-order chi connectivity index (χ0) is 16.9. The number of halogens is 1. The smallest absolute Gasteiger partial charge is 0.127 e. The van der Waals surface area contributed by atoms with Gasteiger partial charge in [-0.1, -0.05) is 0 Å². The van der Waals surface area contributed by atoms with E-state index in [2.05, 4.69) is 10.3 Å². The normalized spacial score (nSPS) is 16.1. The van der Waals surface area contributed by atoms with Crippen LogP contribution >= 0.6 is 23.7 Å². The summed E-state index contributed by atoms with van der Waals surface area (Å²) in [6, 6.07) is 16.2. The molecule has 0 saturated carbocycles. The molecule has 2 heterocycles. The molecule has 136 valence electrons. The monoisotopic (exact) mass is 388 g/mol. The molecule has 3 aromatic rings. The first-order valence-electron chi connectivity index (χ1n) is 8.51. The molecule has 6 heteroatoms. The lowest BCUT2D eigenvalue weighted by Crippen LogP contribution is -2.28. The SMILES string of the molecule is Cl.c1csc(-c2ccc(Oc3ccc(OCC4CCCN4)cc3)cc2)n1. The first-order chi connectivity index (χ1) is 12.4. The minimum atomic E-state index is 0. The van der Waals surface area contributed by atoms with Crippen molar-refractivity contribution < 1.29 is 9.47 Å². The number of rotatable bonds is 6. The standard InChI is InChI=1S/C20H20N2O2S.ClH/c1-2-16(21-11-1)14-23-17-7-9-19(10-8-17)24-18-5-3-15(4-6-18)20-22-12-13-25-20;/h3-10,12-13,16,21H,1-2,11,14H2;1H. The summed E-state index contributed by atoms with van der Waals surface area (Å²) < 4.78 is 11.7. The molecule has 0 spiro atoms. The van der Waals surface area contributed by atoms with Gasteiger partial charge in [0.25, 0.3) is 0 Å². The predicted molar refractivity (Wildman–Crippen MR) is 108 cm³/mol. The molecule has 2 aromatic carbocycles. The van der Waals surface area contributed by atoms with Gasteiger partial charge in [-0.25, -0.2) is 4.98 Å². The third kappa shape index (κ3) is 4.75. The van der Waals surface area contributed by atoms with Crippen LogP contribution in [0.25, 0.3) is 10.6 Å². The Kier molecular flexibility index (Phi) is 6.50. The number of ether oxygens (including phenoxy) is 2. The Balaban J connectivity index is 0.00000196. The minimum Gasteiger partial charge on any atom is -0.492 e. The maximum atomic E-state index is 5.90. The minimum absolute atomic E-state index is 0. The molecular formula is C20H21ClN2O2S. The Morgan fingerprint density at radius 1 is 1.00 bits per heavy atom. The summed E-state index contributed by atoms with van der Waals surface area (Å²) in [5.74, 6) is 2.48. The van der Waals surface area contributed by atoms with E-state index in [-0.39, 0.29) is 12.4 Å². The average Bonchev–Trinajstić information content (AvgIpc) is 3.36. The molecule has 4 nitrogen and oxygen atoms in total. The zero-order valence-electron chi connectivity index (χ0n) is 14.3. The van der Waals surface area contributed by atoms with Crippen molar-refractivity contribution in [1.29, 1.82) is 0 Å². The highest BCUT2D eigenvalue weighted by atomic mass is 35.5. The quantitative estimate of drug-likeness (QED) is 0.633. The largest absolute Gasteiger partial charge is 0.492 e. The van der Waals surface area contributed by atoms with Crippen molar-refractivity contribution in [3.8, 4) is 27.8 Å². The molecule has 1 fully saturated rings. The summed E-state index contributed by atoms with van der Waals surface area (Å²) >= 11 is 1.63. The van der Waals surface area contributed by atoms with Crippen LogP contribution in [0.15, 0.2) is 60.1 Å². The van der Waals surface area contributed by atoms with E-state index < -0.39 is 0 Å². The van der Waals surface area contributed by atoms with Crippen molar-refractivity contribution in [2.75, 3.05) is 13.2 Å². The summed E-state index contributed by atoms with van der Waals surface area (Å²) in [6.07, 6.45) is 4.25. The van der Waals surface area contributed by atoms with Crippen LogP contribution in [-0.2, 0) is 0 Å². The van der Waals surface area contributed by atoms with Gasteiger partial charge in [0.2, 0.25) is 0 Å². The molecule has 0 radical (unpaired) electrons. The van der Waals surface area contributed by atoms with Crippen LogP contribution in [0.5, 0.6) is 17.2 Å². The van der Waals surface area contributed by atoms with Crippen LogP contribution in [0.4, 0.5) is 0 Å². The highest BCUT2D eigenvalue weighted by molar-refractivity contribution is 7.13. The van der Waals surface area contributed by atoms with E-state index in [1.54, 1.807) is 11.3 Å². The van der Waals surface area contributed by atoms with Crippen LogP contribution in [-0.4, -0.2) is 24.2 Å². The highest BCUT2D eigenvalue weighted by Gasteiger charge is 2.14. The van der Waals surface area contributed by atoms with Crippen LogP contribution in [0.3, 0.4) is 0 Å². The summed E-state index contributed by atoms with van der Waals surface area (Å²) in [4.78, 5) is 4.32. The molecule has 1 N–H and O–H groups in total. The number of nitrogens with zero attached hydrogens (tertiary/aromatic N) is 1. The van der Waals surface area contributed by atoms with Gasteiger partial charge in [0.05, 0.1) is 0 Å². The van der Waals surface area contributed by atoms with Crippen molar-refractivity contribution in [2.45, 2.75) is 18.9 Å². The molecule has 1 saturated heterocycles. The average molecular weight is 389 g/mol. The molecule has 0 bridgehead atoms. The second-order valence-electron chi connectivity index (χ2n) is 6.04. The number of thiazole rings is 1. The van der Waals surface area contributed by atoms with Crippen molar-refractivity contribution in [3.63, 3.8) is 0 Å². The lowest BCUT2D eigenvalue weighted by molar-refractivity contribution is 0.277. The molecule has 1 atom stereocenters. The molecule has 1 aromatic heterocycles. The Labute approximate surface area is 163 Å². The summed E-state index contributed by atoms with van der Waals surface area (Å²) in [7, 11) is 0. The van der Waals surface area contributed by atoms with Gasteiger partial charge in [-0.05, 0) is 67.9 Å². The third-order valence-corrected chi connectivity index (χ3v) is 5.03. The zero-order valence-corrected chi connectivity index (χ0v) is 15.9. The van der Waals surface area contributed by atoms with E-state index in [0.717, 1.165) is 41.0 Å². The number of hydrogen-bond donors (Lipinski definition) is 1. The molecule has 1 unspecified atom stereocenters. The second-order valence-corrected chi connectivity index (χ2v) is 6.93. The van der Waals surface area contributed by atoms with E-state index in [4.69, 9.17) is 9.47 Å². The van der Waals surface area contributed by atoms with Crippen molar-refractivity contribution in [1.82, 2.24) is 10.3 Å². The second kappa shape index (κ2) is 9.03. The van der Waals surface area contributed by atoms with Gasteiger partial charge in [0.15, 0.2) is 0 Å². The number of nitrogens with one attached hydrogen (secondary N) is 1. The molecule has 0 aliphatic carbocycles. The third-order valence-electron chi connectivity index (χ3n) is 4.21. The fourth-order valence-corrected chi connectivity index (χ4v) is 3.51. The van der Waals surface area contributed by atoms with Crippen molar-refractivity contribution in [2.24, 2.45) is 0 Å². The van der Waals surface area contributed by atoms with Gasteiger partial charge >= 0.3 is 0 Å². The molecule has 4 rings (SSSR count). The van der Waals surface area contributed by atoms with Crippen LogP contribution in [0.2, 0.25) is 0 Å². The Hall–Kier alpha value is -2.08. The van der Waals surface area contributed by atoms with E-state index in [1.807, 2.05) is 60.1 Å². The first-order valence-corrected chi connectivity index (χ1v) is 9.39. The number of hydrogen-bond acceptors (Lipinski definition) is 5. The molecule has 0 amide bonds. The maximum absolute atomic E-state index is 5.90. The molecule has 1 aliphatic rings. The molecule has 26 heavy (non-hydrogen) atoms. The van der Waals surface area contributed by atoms with Gasteiger partial charge in [0.1, 0.15) is 28.9 Å². The highest BCUT2D eigenvalue weighted by Crippen LogP contribution is 2.27. The lowest BCUT2D eigenvalue weighted by Gasteiger charge is -2.12. The van der Waals surface area contributed by atoms with Crippen LogP contribution in [0, 0.1) is 0 Å². The predicted octanol–water partition coefficient (Wildman–Crippen LogP) is 5.16. The Morgan fingerprint density at radius 3 is 2.31 bits per heavy atom. The summed E-state index contributed by atoms with van der Waals surface area (Å²) in [5, 5.41) is 6.43. The Morgan fingerprint density at radius 2 is 1.69 bits per heavy atom. The summed E-state index contributed by atoms with van der Waals surface area (Å²) in [6.45, 7) is 1.82. The number of benzene rings is 2. The topological polar surface area (TPSA) is 43.4 Å². The van der Waals surface area contributed by atoms with Crippen molar-refractivity contribution >= 4 is 23.7 Å². The first kappa shape index (κ1) is 18.7. The van der Waals surface area contributed by atoms with Crippen LogP contribution < -0.4 is 14.8 Å². The van der Waals surface area contributed by atoms with Crippen LogP contribution in [0.1, 0.15) is 12.8 Å². The van der Waals surface area contributed by atoms with Crippen molar-refractivity contribution in [3.05, 3.63) is 60.1 Å². The van der Waals surface area contributed by atoms with E-state index in [9.17, 15) is 0 Å². The number of aromatic nitrogens is 1. The van der Waals surface area contributed by atoms with Gasteiger partial charge in [0, 0.05) is 23.2 Å². The molecular weight excluding hydrogens is 368 g/mol. The van der Waals surface area contributed by atoms with E-state index >= 15 is 0 Å².